The first-order chi connectivity index (χ1) is 6.42. The Morgan fingerprint density at radius 3 is 3.31 bits per heavy atom. The summed E-state index contributed by atoms with van der Waals surface area (Å²) >= 11 is 0. The summed E-state index contributed by atoms with van der Waals surface area (Å²) in [6.07, 6.45) is 3.77. The van der Waals surface area contributed by atoms with E-state index in [1.807, 2.05) is 6.07 Å². The zero-order valence-electron chi connectivity index (χ0n) is 6.64. The topological polar surface area (TPSA) is 47.3 Å². The fourth-order valence-electron chi connectivity index (χ4n) is 1.02. The van der Waals surface area contributed by atoms with Crippen LogP contribution in [0.5, 0.6) is 0 Å². The van der Waals surface area contributed by atoms with Gasteiger partial charge in [0.05, 0.1) is 6.20 Å². The van der Waals surface area contributed by atoms with Crippen molar-refractivity contribution in [2.45, 2.75) is 0 Å². The van der Waals surface area contributed by atoms with Crippen LogP contribution in [0.4, 0.5) is 0 Å². The molecule has 4 heteroatoms. The van der Waals surface area contributed by atoms with Gasteiger partial charge in [-0.15, -0.1) is 0 Å². The van der Waals surface area contributed by atoms with Gasteiger partial charge in [-0.2, -0.15) is 5.10 Å². The third kappa shape index (κ3) is 1.27. The summed E-state index contributed by atoms with van der Waals surface area (Å²) < 4.78 is 1.58. The lowest BCUT2D eigenvalue weighted by Crippen LogP contribution is -1.92. The third-order valence-corrected chi connectivity index (χ3v) is 1.54. The zero-order valence-corrected chi connectivity index (χ0v) is 6.64. The molecule has 0 saturated carbocycles. The molecule has 0 unspecified atom stereocenters. The Balaban J connectivity index is 2.64. The summed E-state index contributed by atoms with van der Waals surface area (Å²) in [5.41, 5.74) is 1.33. The zero-order chi connectivity index (χ0) is 9.10. The number of hydrogen-bond donors (Lipinski definition) is 0. The molecule has 0 bridgehead atoms. The molecule has 0 aromatic carbocycles. The average Bonchev–Trinajstić information content (AvgIpc) is 2.58. The molecule has 2 aromatic rings. The molecule has 0 aliphatic heterocycles. The van der Waals surface area contributed by atoms with E-state index in [0.717, 1.165) is 5.65 Å². The minimum atomic E-state index is 0.544. The molecule has 0 radical (unpaired) electrons. The van der Waals surface area contributed by atoms with Gasteiger partial charge in [0.25, 0.3) is 0 Å². The number of hydrogen-bond acceptors (Lipinski definition) is 3. The summed E-state index contributed by atoms with van der Waals surface area (Å²) in [7, 11) is 0. The van der Waals surface area contributed by atoms with Crippen molar-refractivity contribution < 1.29 is 4.79 Å². The van der Waals surface area contributed by atoms with Crippen molar-refractivity contribution in [3.8, 4) is 11.8 Å². The number of nitrogens with zero attached hydrogens (tertiary/aromatic N) is 3. The van der Waals surface area contributed by atoms with Crippen LogP contribution < -0.4 is 0 Å². The number of carbonyl (C=O) groups is 1. The van der Waals surface area contributed by atoms with Gasteiger partial charge in [-0.25, -0.2) is 9.50 Å². The van der Waals surface area contributed by atoms with Crippen LogP contribution in [0.25, 0.3) is 5.65 Å². The summed E-state index contributed by atoms with van der Waals surface area (Å²) in [6, 6.07) is 3.61. The van der Waals surface area contributed by atoms with Gasteiger partial charge in [0.2, 0.25) is 0 Å². The van der Waals surface area contributed by atoms with Crippen LogP contribution in [0.3, 0.4) is 0 Å². The number of fused-ring (bicyclic) bond motifs is 1. The van der Waals surface area contributed by atoms with Crippen LogP contribution >= 0.6 is 0 Å². The maximum atomic E-state index is 10.0. The van der Waals surface area contributed by atoms with E-state index < -0.39 is 0 Å². The molecule has 2 rings (SSSR count). The Labute approximate surface area is 74.2 Å². The van der Waals surface area contributed by atoms with Gasteiger partial charge in [0, 0.05) is 6.20 Å². The Morgan fingerprint density at radius 1 is 1.54 bits per heavy atom. The van der Waals surface area contributed by atoms with E-state index in [9.17, 15) is 4.79 Å². The van der Waals surface area contributed by atoms with Gasteiger partial charge in [-0.1, -0.05) is 0 Å². The van der Waals surface area contributed by atoms with E-state index in [1.165, 1.54) is 0 Å². The SMILES string of the molecule is O=CC#Cc1cnc2cccnn12. The molecule has 62 valence electrons. The molecular formula is C9H5N3O. The van der Waals surface area contributed by atoms with Crippen LogP contribution in [0.15, 0.2) is 24.5 Å². The second-order valence-electron chi connectivity index (χ2n) is 2.32. The largest absolute Gasteiger partial charge is 0.289 e. The number of carbonyl (C=O) groups excluding carboxylic acids is 1. The van der Waals surface area contributed by atoms with E-state index in [-0.39, 0.29) is 0 Å². The lowest BCUT2D eigenvalue weighted by atomic mass is 10.5. The van der Waals surface area contributed by atoms with Crippen molar-refractivity contribution >= 4 is 11.9 Å². The van der Waals surface area contributed by atoms with Crippen molar-refractivity contribution in [2.75, 3.05) is 0 Å². The lowest BCUT2D eigenvalue weighted by Gasteiger charge is -1.89. The monoisotopic (exact) mass is 171 g/mol. The van der Waals surface area contributed by atoms with Crippen LogP contribution in [0, 0.1) is 11.8 Å². The van der Waals surface area contributed by atoms with Crippen LogP contribution in [0.2, 0.25) is 0 Å². The van der Waals surface area contributed by atoms with E-state index in [0.29, 0.717) is 12.0 Å². The van der Waals surface area contributed by atoms with Crippen LogP contribution in [0.1, 0.15) is 5.69 Å². The predicted octanol–water partition coefficient (Wildman–Crippen LogP) is 0.280. The van der Waals surface area contributed by atoms with Crippen LogP contribution in [-0.4, -0.2) is 20.9 Å². The smallest absolute Gasteiger partial charge is 0.193 e. The van der Waals surface area contributed by atoms with Gasteiger partial charge >= 0.3 is 0 Å². The molecule has 0 N–H and O–H groups in total. The number of aldehydes is 1. The molecule has 2 heterocycles. The van der Waals surface area contributed by atoms with E-state index in [2.05, 4.69) is 21.9 Å². The molecule has 2 aromatic heterocycles. The first kappa shape index (κ1) is 7.50. The van der Waals surface area contributed by atoms with E-state index in [1.54, 1.807) is 23.0 Å². The van der Waals surface area contributed by atoms with Gasteiger partial charge in [-0.3, -0.25) is 4.79 Å². The molecule has 0 amide bonds. The van der Waals surface area contributed by atoms with E-state index >= 15 is 0 Å². The lowest BCUT2D eigenvalue weighted by molar-refractivity contribution is -0.103. The second kappa shape index (κ2) is 3.07. The molecule has 0 aliphatic carbocycles. The highest BCUT2D eigenvalue weighted by atomic mass is 16.1. The number of rotatable bonds is 0. The Kier molecular flexibility index (Phi) is 1.77. The van der Waals surface area contributed by atoms with Gasteiger partial charge in [0.1, 0.15) is 5.69 Å². The van der Waals surface area contributed by atoms with Crippen molar-refractivity contribution in [3.05, 3.63) is 30.2 Å². The van der Waals surface area contributed by atoms with Crippen molar-refractivity contribution in [1.82, 2.24) is 14.6 Å². The summed E-state index contributed by atoms with van der Waals surface area (Å²) in [4.78, 5) is 14.1. The highest BCUT2D eigenvalue weighted by Crippen LogP contribution is 2.01. The quantitative estimate of drug-likeness (QED) is 0.422. The van der Waals surface area contributed by atoms with Crippen LogP contribution in [-0.2, 0) is 4.79 Å². The molecule has 0 atom stereocenters. The highest BCUT2D eigenvalue weighted by Gasteiger charge is 1.98. The first-order valence-corrected chi connectivity index (χ1v) is 3.66. The normalized spacial score (nSPS) is 9.23. The fourth-order valence-corrected chi connectivity index (χ4v) is 1.02. The van der Waals surface area contributed by atoms with Gasteiger partial charge in [-0.05, 0) is 24.0 Å². The van der Waals surface area contributed by atoms with E-state index in [4.69, 9.17) is 0 Å². The molecule has 4 nitrogen and oxygen atoms in total. The number of imidazole rings is 1. The molecule has 0 aliphatic rings. The van der Waals surface area contributed by atoms with Crippen molar-refractivity contribution in [3.63, 3.8) is 0 Å². The minimum absolute atomic E-state index is 0.544. The molecular weight excluding hydrogens is 166 g/mol. The molecule has 0 spiro atoms. The Bertz CT molecular complexity index is 504. The standard InChI is InChI=1S/C9H5N3O/c13-6-2-3-8-7-10-9-4-1-5-11-12(8)9/h1,4-7H. The van der Waals surface area contributed by atoms with Gasteiger partial charge < -0.3 is 0 Å². The van der Waals surface area contributed by atoms with Crippen molar-refractivity contribution in [2.24, 2.45) is 0 Å². The predicted molar refractivity (Wildman–Crippen MR) is 45.9 cm³/mol. The third-order valence-electron chi connectivity index (χ3n) is 1.54. The second-order valence-corrected chi connectivity index (χ2v) is 2.32. The maximum absolute atomic E-state index is 10.0. The summed E-state index contributed by atoms with van der Waals surface area (Å²) in [5, 5.41) is 4.03. The number of aromatic nitrogens is 3. The van der Waals surface area contributed by atoms with Gasteiger partial charge in [0.15, 0.2) is 11.9 Å². The Hall–Kier alpha value is -2.15. The average molecular weight is 171 g/mol. The molecule has 0 saturated heterocycles. The maximum Gasteiger partial charge on any atom is 0.193 e. The Morgan fingerprint density at radius 2 is 2.46 bits per heavy atom. The minimum Gasteiger partial charge on any atom is -0.289 e. The molecule has 0 fully saturated rings. The van der Waals surface area contributed by atoms with Crippen molar-refractivity contribution in [1.29, 1.82) is 0 Å². The summed E-state index contributed by atoms with van der Waals surface area (Å²) in [5.74, 6) is 4.95. The molecule has 13 heavy (non-hydrogen) atoms. The fraction of sp³-hybridized carbons (Fsp3) is 0. The summed E-state index contributed by atoms with van der Waals surface area (Å²) in [6.45, 7) is 0. The highest BCUT2D eigenvalue weighted by molar-refractivity contribution is 5.73. The first-order valence-electron chi connectivity index (χ1n) is 3.66.